The van der Waals surface area contributed by atoms with Crippen LogP contribution in [0.15, 0.2) is 0 Å². The van der Waals surface area contributed by atoms with Gasteiger partial charge < -0.3 is 19.8 Å². The number of carbonyl (C=O) groups is 3. The van der Waals surface area contributed by atoms with E-state index in [4.69, 9.17) is 9.47 Å². The largest absolute Gasteiger partial charge is 0.459 e. The molecule has 0 bridgehead atoms. The first-order valence-electron chi connectivity index (χ1n) is 7.57. The number of aryl methyl sites for hydroxylation is 1. The van der Waals surface area contributed by atoms with Crippen molar-refractivity contribution in [2.75, 3.05) is 6.54 Å². The summed E-state index contributed by atoms with van der Waals surface area (Å²) in [5.41, 5.74) is 1.43. The molecule has 0 radical (unpaired) electrons. The van der Waals surface area contributed by atoms with Crippen LogP contribution in [0.4, 0.5) is 0 Å². The van der Waals surface area contributed by atoms with E-state index in [1.54, 1.807) is 34.6 Å². The first kappa shape index (κ1) is 18.7. The fourth-order valence-corrected chi connectivity index (χ4v) is 2.12. The molecule has 7 nitrogen and oxygen atoms in total. The monoisotopic (exact) mass is 324 g/mol. The molecule has 7 heteroatoms. The van der Waals surface area contributed by atoms with Crippen molar-refractivity contribution in [3.63, 3.8) is 0 Å². The predicted octanol–water partition coefficient (Wildman–Crippen LogP) is 1.88. The van der Waals surface area contributed by atoms with Gasteiger partial charge in [0.1, 0.15) is 5.69 Å². The molecule has 0 aromatic carbocycles. The molecule has 1 atom stereocenters. The quantitative estimate of drug-likeness (QED) is 0.779. The summed E-state index contributed by atoms with van der Waals surface area (Å²) >= 11 is 0. The number of H-pyrrole nitrogens is 1. The van der Waals surface area contributed by atoms with Gasteiger partial charge >= 0.3 is 11.9 Å². The number of carbonyl (C=O) groups excluding carboxylic acids is 3. The molecule has 1 heterocycles. The molecule has 0 aliphatic carbocycles. The molecule has 0 aliphatic heterocycles. The molecule has 1 aromatic heterocycles. The van der Waals surface area contributed by atoms with Gasteiger partial charge in [-0.05, 0) is 47.1 Å². The second-order valence-electron chi connectivity index (χ2n) is 5.52. The number of hydrogen-bond donors (Lipinski definition) is 2. The van der Waals surface area contributed by atoms with Crippen molar-refractivity contribution in [2.24, 2.45) is 0 Å². The Morgan fingerprint density at radius 3 is 2.22 bits per heavy atom. The van der Waals surface area contributed by atoms with Crippen LogP contribution in [0.5, 0.6) is 0 Å². The van der Waals surface area contributed by atoms with E-state index in [0.717, 1.165) is 0 Å². The molecule has 0 saturated heterocycles. The first-order valence-corrected chi connectivity index (χ1v) is 7.57. The number of esters is 2. The maximum Gasteiger partial charge on any atom is 0.355 e. The highest BCUT2D eigenvalue weighted by atomic mass is 16.6. The number of hydrogen-bond acceptors (Lipinski definition) is 5. The van der Waals surface area contributed by atoms with Gasteiger partial charge in [0.05, 0.1) is 11.7 Å². The third kappa shape index (κ3) is 4.58. The lowest BCUT2D eigenvalue weighted by Crippen LogP contribution is -2.35. The average molecular weight is 324 g/mol. The zero-order valence-electron chi connectivity index (χ0n) is 14.4. The van der Waals surface area contributed by atoms with Gasteiger partial charge in [0.15, 0.2) is 6.10 Å². The van der Waals surface area contributed by atoms with E-state index in [1.807, 2.05) is 0 Å². The maximum absolute atomic E-state index is 12.2. The van der Waals surface area contributed by atoms with E-state index < -0.39 is 18.0 Å². The number of aromatic nitrogens is 1. The Hall–Kier alpha value is -2.31. The molecule has 128 valence electrons. The van der Waals surface area contributed by atoms with Crippen molar-refractivity contribution >= 4 is 17.8 Å². The molecule has 0 unspecified atom stereocenters. The van der Waals surface area contributed by atoms with Gasteiger partial charge in [0.2, 0.25) is 0 Å². The third-order valence-corrected chi connectivity index (χ3v) is 3.19. The van der Waals surface area contributed by atoms with Crippen molar-refractivity contribution < 1.29 is 23.9 Å². The van der Waals surface area contributed by atoms with Crippen molar-refractivity contribution in [1.82, 2.24) is 10.3 Å². The zero-order valence-corrected chi connectivity index (χ0v) is 14.4. The Balaban J connectivity index is 2.95. The normalized spacial score (nSPS) is 12.0. The number of rotatable bonds is 6. The van der Waals surface area contributed by atoms with E-state index in [9.17, 15) is 14.4 Å². The molecule has 0 aliphatic rings. The van der Waals surface area contributed by atoms with Crippen molar-refractivity contribution in [2.45, 2.75) is 53.8 Å². The molecule has 1 amide bonds. The Morgan fingerprint density at radius 2 is 1.70 bits per heavy atom. The number of aromatic amines is 1. The Morgan fingerprint density at radius 1 is 1.09 bits per heavy atom. The molecule has 0 saturated carbocycles. The minimum absolute atomic E-state index is 0.148. The highest BCUT2D eigenvalue weighted by molar-refractivity contribution is 5.99. The highest BCUT2D eigenvalue weighted by Gasteiger charge is 2.26. The predicted molar refractivity (Wildman–Crippen MR) is 84.4 cm³/mol. The van der Waals surface area contributed by atoms with E-state index in [2.05, 4.69) is 10.3 Å². The summed E-state index contributed by atoms with van der Waals surface area (Å²) in [4.78, 5) is 38.8. The highest BCUT2D eigenvalue weighted by Crippen LogP contribution is 2.20. The Kier molecular flexibility index (Phi) is 6.36. The Labute approximate surface area is 135 Å². The average Bonchev–Trinajstić information content (AvgIpc) is 2.73. The second kappa shape index (κ2) is 7.80. The van der Waals surface area contributed by atoms with Crippen LogP contribution in [0.2, 0.25) is 0 Å². The van der Waals surface area contributed by atoms with Gasteiger partial charge in [-0.3, -0.25) is 4.79 Å². The van der Waals surface area contributed by atoms with E-state index >= 15 is 0 Å². The van der Waals surface area contributed by atoms with Crippen LogP contribution in [-0.4, -0.2) is 41.6 Å². The number of amides is 1. The van der Waals surface area contributed by atoms with Crippen LogP contribution in [0.3, 0.4) is 0 Å². The maximum atomic E-state index is 12.2. The summed E-state index contributed by atoms with van der Waals surface area (Å²) < 4.78 is 10.3. The lowest BCUT2D eigenvalue weighted by molar-refractivity contribution is -0.128. The lowest BCUT2D eigenvalue weighted by atomic mass is 10.1. The molecule has 2 N–H and O–H groups in total. The topological polar surface area (TPSA) is 97.5 Å². The van der Waals surface area contributed by atoms with Crippen LogP contribution in [0.1, 0.15) is 59.8 Å². The zero-order chi connectivity index (χ0) is 17.7. The van der Waals surface area contributed by atoms with E-state index in [0.29, 0.717) is 23.4 Å². The summed E-state index contributed by atoms with van der Waals surface area (Å²) in [5, 5.41) is 2.57. The van der Waals surface area contributed by atoms with Gasteiger partial charge in [-0.2, -0.15) is 0 Å². The minimum Gasteiger partial charge on any atom is -0.459 e. The van der Waals surface area contributed by atoms with E-state index in [-0.39, 0.29) is 17.7 Å². The van der Waals surface area contributed by atoms with Gasteiger partial charge in [-0.15, -0.1) is 0 Å². The molecule has 1 aromatic rings. The lowest BCUT2D eigenvalue weighted by Gasteiger charge is -2.12. The van der Waals surface area contributed by atoms with Gasteiger partial charge in [-0.25, -0.2) is 9.59 Å². The molecule has 0 fully saturated rings. The fourth-order valence-electron chi connectivity index (χ4n) is 2.12. The summed E-state index contributed by atoms with van der Waals surface area (Å²) in [6.45, 7) is 10.5. The summed E-state index contributed by atoms with van der Waals surface area (Å²) in [6.07, 6.45) is -1.18. The van der Waals surface area contributed by atoms with Gasteiger partial charge in [0.25, 0.3) is 5.91 Å². The van der Waals surface area contributed by atoms with Crippen LogP contribution in [-0.2, 0) is 14.3 Å². The van der Waals surface area contributed by atoms with Gasteiger partial charge in [0, 0.05) is 12.2 Å². The number of ether oxygens (including phenoxy) is 2. The van der Waals surface area contributed by atoms with Crippen LogP contribution < -0.4 is 5.32 Å². The molecular weight excluding hydrogens is 300 g/mol. The van der Waals surface area contributed by atoms with Gasteiger partial charge in [-0.1, -0.05) is 0 Å². The summed E-state index contributed by atoms with van der Waals surface area (Å²) in [6, 6.07) is 0. The Bertz CT molecular complexity index is 604. The summed E-state index contributed by atoms with van der Waals surface area (Å²) in [7, 11) is 0. The van der Waals surface area contributed by atoms with Crippen LogP contribution in [0, 0.1) is 13.8 Å². The molecule has 0 spiro atoms. The van der Waals surface area contributed by atoms with Crippen LogP contribution in [0.25, 0.3) is 0 Å². The number of likely N-dealkylation sites (N-methyl/N-ethyl adjacent to an activating group) is 1. The SMILES string of the molecule is CCNC(=O)[C@@H](C)OC(=O)c1[nH]c(C)c(C(=O)OC(C)C)c1C. The second-order valence-corrected chi connectivity index (χ2v) is 5.52. The van der Waals surface area contributed by atoms with Crippen molar-refractivity contribution in [3.05, 3.63) is 22.5 Å². The smallest absolute Gasteiger partial charge is 0.355 e. The van der Waals surface area contributed by atoms with Crippen LogP contribution >= 0.6 is 0 Å². The van der Waals surface area contributed by atoms with Crippen molar-refractivity contribution in [3.8, 4) is 0 Å². The number of nitrogens with one attached hydrogen (secondary N) is 2. The first-order chi connectivity index (χ1) is 10.7. The third-order valence-electron chi connectivity index (χ3n) is 3.19. The van der Waals surface area contributed by atoms with Crippen molar-refractivity contribution in [1.29, 1.82) is 0 Å². The molecular formula is C16H24N2O5. The standard InChI is InChI=1S/C16H24N2O5/c1-7-17-14(19)11(6)23-16(21)13-9(4)12(10(5)18-13)15(20)22-8(2)3/h8,11,18H,7H2,1-6H3,(H,17,19)/t11-/m1/s1. The van der Waals surface area contributed by atoms with E-state index in [1.165, 1.54) is 6.92 Å². The molecule has 1 rings (SSSR count). The fraction of sp³-hybridized carbons (Fsp3) is 0.562. The molecule has 23 heavy (non-hydrogen) atoms. The minimum atomic E-state index is -0.920. The summed E-state index contributed by atoms with van der Waals surface area (Å²) in [5.74, 6) is -1.56.